The Kier molecular flexibility index (Phi) is 6.85. The van der Waals surface area contributed by atoms with Gasteiger partial charge in [0.1, 0.15) is 5.75 Å². The summed E-state index contributed by atoms with van der Waals surface area (Å²) in [6, 6.07) is 6.84. The Balaban J connectivity index is 1.92. The van der Waals surface area contributed by atoms with Crippen molar-refractivity contribution in [3.63, 3.8) is 0 Å². The number of anilines is 1. The lowest BCUT2D eigenvalue weighted by Crippen LogP contribution is -2.53. The quantitative estimate of drug-likeness (QED) is 0.744. The number of carbonyl (C=O) groups is 1. The van der Waals surface area contributed by atoms with Gasteiger partial charge in [-0.25, -0.2) is 17.5 Å². The van der Waals surface area contributed by atoms with Gasteiger partial charge >= 0.3 is 6.03 Å². The first-order valence-corrected chi connectivity index (χ1v) is 10.4. The first kappa shape index (κ1) is 20.5. The zero-order chi connectivity index (χ0) is 19.2. The summed E-state index contributed by atoms with van der Waals surface area (Å²) < 4.78 is 35.8. The van der Waals surface area contributed by atoms with Crippen molar-refractivity contribution in [1.29, 1.82) is 0 Å². The molecule has 1 aliphatic heterocycles. The number of methoxy groups -OCH3 is 1. The average molecular weight is 385 g/mol. The van der Waals surface area contributed by atoms with Crippen LogP contribution in [-0.2, 0) is 14.8 Å². The van der Waals surface area contributed by atoms with E-state index >= 15 is 0 Å². The third kappa shape index (κ3) is 5.33. The van der Waals surface area contributed by atoms with Gasteiger partial charge in [0.2, 0.25) is 10.0 Å². The summed E-state index contributed by atoms with van der Waals surface area (Å²) in [6.45, 7) is 3.43. The Morgan fingerprint density at radius 2 is 1.92 bits per heavy atom. The molecule has 0 spiro atoms. The molecule has 1 aliphatic rings. The van der Waals surface area contributed by atoms with Crippen LogP contribution in [-0.4, -0.2) is 64.0 Å². The van der Waals surface area contributed by atoms with E-state index in [1.165, 1.54) is 10.6 Å². The molecule has 2 N–H and O–H groups in total. The first-order chi connectivity index (χ1) is 12.3. The molecule has 0 aliphatic carbocycles. The summed E-state index contributed by atoms with van der Waals surface area (Å²) in [5.74, 6) is 0.605. The number of piperidine rings is 1. The molecule has 1 aromatic rings. The van der Waals surface area contributed by atoms with Crippen molar-refractivity contribution in [3.05, 3.63) is 24.3 Å². The van der Waals surface area contributed by atoms with Crippen LogP contribution in [0, 0.1) is 0 Å². The van der Waals surface area contributed by atoms with Gasteiger partial charge in [-0.2, -0.15) is 0 Å². The monoisotopic (exact) mass is 385 g/mol. The number of hydrogen-bond donors (Lipinski definition) is 2. The molecule has 1 saturated heterocycles. The number of nitrogens with one attached hydrogen (secondary N) is 2. The van der Waals surface area contributed by atoms with Crippen LogP contribution in [0.3, 0.4) is 0 Å². The van der Waals surface area contributed by atoms with Crippen LogP contribution in [0.15, 0.2) is 24.3 Å². The summed E-state index contributed by atoms with van der Waals surface area (Å²) in [5, 5.41) is 5.59. The minimum absolute atomic E-state index is 0.295. The van der Waals surface area contributed by atoms with Crippen LogP contribution < -0.4 is 15.4 Å². The Labute approximate surface area is 154 Å². The second kappa shape index (κ2) is 8.70. The summed E-state index contributed by atoms with van der Waals surface area (Å²) in [7, 11) is -1.62. The van der Waals surface area contributed by atoms with E-state index in [0.29, 0.717) is 50.5 Å². The van der Waals surface area contributed by atoms with Gasteiger partial charge in [0.05, 0.1) is 24.2 Å². The van der Waals surface area contributed by atoms with E-state index in [-0.39, 0.29) is 6.03 Å². The van der Waals surface area contributed by atoms with E-state index in [1.807, 2.05) is 19.1 Å². The molecular formula is C17H27N3O5S. The first-order valence-electron chi connectivity index (χ1n) is 8.56. The Bertz CT molecular complexity index is 715. The van der Waals surface area contributed by atoms with Crippen molar-refractivity contribution in [2.24, 2.45) is 0 Å². The number of rotatable bonds is 7. The third-order valence-corrected chi connectivity index (χ3v) is 5.85. The van der Waals surface area contributed by atoms with Crippen molar-refractivity contribution in [3.8, 4) is 5.75 Å². The van der Waals surface area contributed by atoms with Gasteiger partial charge in [-0.3, -0.25) is 0 Å². The summed E-state index contributed by atoms with van der Waals surface area (Å²) in [5.41, 5.74) is 0.0167. The number of carbonyl (C=O) groups excluding carboxylic acids is 1. The molecule has 1 aromatic carbocycles. The van der Waals surface area contributed by atoms with E-state index in [2.05, 4.69) is 10.6 Å². The minimum atomic E-state index is -3.20. The zero-order valence-corrected chi connectivity index (χ0v) is 16.3. The molecule has 26 heavy (non-hydrogen) atoms. The summed E-state index contributed by atoms with van der Waals surface area (Å²) >= 11 is 0. The maximum absolute atomic E-state index is 12.3. The number of amides is 2. The molecule has 2 amide bonds. The van der Waals surface area contributed by atoms with Crippen LogP contribution in [0.4, 0.5) is 10.5 Å². The Morgan fingerprint density at radius 1 is 1.27 bits per heavy atom. The number of para-hydroxylation sites is 2. The van der Waals surface area contributed by atoms with E-state index in [4.69, 9.17) is 9.47 Å². The molecule has 0 saturated carbocycles. The lowest BCUT2D eigenvalue weighted by molar-refractivity contribution is -0.0415. The molecule has 0 radical (unpaired) electrons. The molecular weight excluding hydrogens is 358 g/mol. The minimum Gasteiger partial charge on any atom is -0.492 e. The van der Waals surface area contributed by atoms with Crippen molar-refractivity contribution in [1.82, 2.24) is 9.62 Å². The fourth-order valence-corrected chi connectivity index (χ4v) is 3.78. The molecule has 146 valence electrons. The van der Waals surface area contributed by atoms with Crippen LogP contribution in [0.25, 0.3) is 0 Å². The number of nitrogens with zero attached hydrogens (tertiary/aromatic N) is 1. The van der Waals surface area contributed by atoms with Crippen LogP contribution >= 0.6 is 0 Å². The molecule has 0 atom stereocenters. The van der Waals surface area contributed by atoms with Crippen molar-refractivity contribution < 1.29 is 22.7 Å². The molecule has 1 fully saturated rings. The van der Waals surface area contributed by atoms with Gasteiger partial charge < -0.3 is 20.1 Å². The lowest BCUT2D eigenvalue weighted by Gasteiger charge is -2.39. The summed E-state index contributed by atoms with van der Waals surface area (Å²) in [4.78, 5) is 12.3. The predicted octanol–water partition coefficient (Wildman–Crippen LogP) is 1.65. The molecule has 1 heterocycles. The standard InChI is InChI=1S/C17H27N3O5S/c1-4-25-15-8-6-5-7-14(15)19-16(21)18-13-17(24-2)9-11-20(12-10-17)26(3,22)23/h5-8H,4,9-13H2,1-3H3,(H2,18,19,21). The van der Waals surface area contributed by atoms with Gasteiger partial charge in [-0.15, -0.1) is 0 Å². The van der Waals surface area contributed by atoms with E-state index < -0.39 is 15.6 Å². The van der Waals surface area contributed by atoms with Crippen LogP contribution in [0.5, 0.6) is 5.75 Å². The predicted molar refractivity (Wildman–Crippen MR) is 100 cm³/mol. The zero-order valence-electron chi connectivity index (χ0n) is 15.4. The second-order valence-corrected chi connectivity index (χ2v) is 8.27. The van der Waals surface area contributed by atoms with Crippen LogP contribution in [0.2, 0.25) is 0 Å². The van der Waals surface area contributed by atoms with Crippen molar-refractivity contribution in [2.75, 3.05) is 44.9 Å². The number of urea groups is 1. The third-order valence-electron chi connectivity index (χ3n) is 4.54. The average Bonchev–Trinajstić information content (AvgIpc) is 2.61. The van der Waals surface area contributed by atoms with E-state index in [9.17, 15) is 13.2 Å². The number of hydrogen-bond acceptors (Lipinski definition) is 5. The highest BCUT2D eigenvalue weighted by molar-refractivity contribution is 7.88. The van der Waals surface area contributed by atoms with Gasteiger partial charge in [-0.05, 0) is 31.9 Å². The SMILES string of the molecule is CCOc1ccccc1NC(=O)NCC1(OC)CCN(S(C)(=O)=O)CC1. The van der Waals surface area contributed by atoms with Gasteiger partial charge in [-0.1, -0.05) is 12.1 Å². The van der Waals surface area contributed by atoms with Gasteiger partial charge in [0.25, 0.3) is 0 Å². The smallest absolute Gasteiger partial charge is 0.319 e. The Hall–Kier alpha value is -1.84. The Morgan fingerprint density at radius 3 is 2.50 bits per heavy atom. The van der Waals surface area contributed by atoms with E-state index in [0.717, 1.165) is 0 Å². The molecule has 0 aromatic heterocycles. The number of benzene rings is 1. The molecule has 0 bridgehead atoms. The second-order valence-electron chi connectivity index (χ2n) is 6.29. The molecule has 2 rings (SSSR count). The molecule has 9 heteroatoms. The summed E-state index contributed by atoms with van der Waals surface area (Å²) in [6.07, 6.45) is 2.24. The number of sulfonamides is 1. The van der Waals surface area contributed by atoms with Crippen molar-refractivity contribution >= 4 is 21.7 Å². The van der Waals surface area contributed by atoms with Gasteiger partial charge in [0, 0.05) is 26.7 Å². The lowest BCUT2D eigenvalue weighted by atomic mass is 9.92. The highest BCUT2D eigenvalue weighted by Crippen LogP contribution is 2.27. The fraction of sp³-hybridized carbons (Fsp3) is 0.588. The van der Waals surface area contributed by atoms with Gasteiger partial charge in [0.15, 0.2) is 0 Å². The highest BCUT2D eigenvalue weighted by atomic mass is 32.2. The maximum Gasteiger partial charge on any atom is 0.319 e. The van der Waals surface area contributed by atoms with Crippen LogP contribution in [0.1, 0.15) is 19.8 Å². The molecule has 8 nitrogen and oxygen atoms in total. The highest BCUT2D eigenvalue weighted by Gasteiger charge is 2.37. The normalized spacial score (nSPS) is 17.5. The largest absolute Gasteiger partial charge is 0.492 e. The van der Waals surface area contributed by atoms with E-state index in [1.54, 1.807) is 19.2 Å². The molecule has 0 unspecified atom stereocenters. The maximum atomic E-state index is 12.3. The topological polar surface area (TPSA) is 97.0 Å². The van der Waals surface area contributed by atoms with Crippen molar-refractivity contribution in [2.45, 2.75) is 25.4 Å². The number of ether oxygens (including phenoxy) is 2. The fourth-order valence-electron chi connectivity index (χ4n) is 2.94.